The topological polar surface area (TPSA) is 71.9 Å². The first-order chi connectivity index (χ1) is 5.29. The van der Waals surface area contributed by atoms with E-state index in [0.29, 0.717) is 17.0 Å². The minimum Gasteiger partial charge on any atom is -0.494 e. The number of nitrogens with zero attached hydrogens (tertiary/aromatic N) is 2. The highest BCUT2D eigenvalue weighted by Crippen LogP contribution is 2.20. The molecule has 1 rings (SSSR count). The van der Waals surface area contributed by atoms with Crippen LogP contribution in [-0.2, 0) is 0 Å². The fraction of sp³-hybridized carbons (Fsp3) is 0.143. The van der Waals surface area contributed by atoms with Crippen LogP contribution in [0.3, 0.4) is 0 Å². The zero-order valence-electron chi connectivity index (χ0n) is 6.03. The van der Waals surface area contributed by atoms with Gasteiger partial charge in [0.1, 0.15) is 11.6 Å². The molecule has 0 unspecified atom stereocenters. The lowest BCUT2D eigenvalue weighted by atomic mass is 10.2. The molecule has 4 heteroatoms. The van der Waals surface area contributed by atoms with Gasteiger partial charge in [-0.1, -0.05) is 0 Å². The Bertz CT molecular complexity index is 303. The summed E-state index contributed by atoms with van der Waals surface area (Å²) in [7, 11) is 1.47. The molecule has 0 spiro atoms. The van der Waals surface area contributed by atoms with Crippen molar-refractivity contribution in [2.45, 2.75) is 0 Å². The van der Waals surface area contributed by atoms with E-state index in [1.165, 1.54) is 19.5 Å². The third kappa shape index (κ3) is 1.22. The summed E-state index contributed by atoms with van der Waals surface area (Å²) in [4.78, 5) is 3.76. The van der Waals surface area contributed by atoms with Gasteiger partial charge in [-0.3, -0.25) is 4.98 Å². The second-order valence-corrected chi connectivity index (χ2v) is 1.92. The lowest BCUT2D eigenvalue weighted by molar-refractivity contribution is 0.412. The summed E-state index contributed by atoms with van der Waals surface area (Å²) >= 11 is 0. The third-order valence-corrected chi connectivity index (χ3v) is 1.27. The van der Waals surface area contributed by atoms with E-state index in [-0.39, 0.29) is 0 Å². The second kappa shape index (κ2) is 2.88. The van der Waals surface area contributed by atoms with E-state index in [0.717, 1.165) is 0 Å². The van der Waals surface area contributed by atoms with E-state index < -0.39 is 0 Å². The highest BCUT2D eigenvalue weighted by Gasteiger charge is 2.04. The summed E-state index contributed by atoms with van der Waals surface area (Å²) in [5.41, 5.74) is 6.12. The Hall–Kier alpha value is -1.76. The quantitative estimate of drug-likeness (QED) is 0.632. The van der Waals surface area contributed by atoms with Gasteiger partial charge in [0.2, 0.25) is 0 Å². The molecule has 0 fully saturated rings. The average molecular weight is 149 g/mol. The van der Waals surface area contributed by atoms with Gasteiger partial charge >= 0.3 is 0 Å². The van der Waals surface area contributed by atoms with Gasteiger partial charge in [0, 0.05) is 0 Å². The molecule has 1 heterocycles. The van der Waals surface area contributed by atoms with Crippen molar-refractivity contribution in [2.24, 2.45) is 0 Å². The van der Waals surface area contributed by atoms with Crippen LogP contribution in [0.5, 0.6) is 5.75 Å². The molecule has 0 aliphatic rings. The van der Waals surface area contributed by atoms with E-state index in [1.54, 1.807) is 0 Å². The first kappa shape index (κ1) is 7.35. The van der Waals surface area contributed by atoms with Crippen LogP contribution in [0.15, 0.2) is 12.4 Å². The summed E-state index contributed by atoms with van der Waals surface area (Å²) < 4.78 is 4.85. The predicted octanol–water partition coefficient (Wildman–Crippen LogP) is 0.544. The number of pyridine rings is 1. The molecule has 2 N–H and O–H groups in total. The van der Waals surface area contributed by atoms with Crippen LogP contribution >= 0.6 is 0 Å². The van der Waals surface area contributed by atoms with E-state index in [1.807, 2.05) is 6.07 Å². The molecule has 1 aromatic rings. The predicted molar refractivity (Wildman–Crippen MR) is 39.9 cm³/mol. The maximum absolute atomic E-state index is 8.59. The Kier molecular flexibility index (Phi) is 1.93. The highest BCUT2D eigenvalue weighted by atomic mass is 16.5. The Morgan fingerprint density at radius 1 is 1.64 bits per heavy atom. The monoisotopic (exact) mass is 149 g/mol. The summed E-state index contributed by atoms with van der Waals surface area (Å²) in [6.45, 7) is 0. The van der Waals surface area contributed by atoms with E-state index in [9.17, 15) is 0 Å². The molecule has 0 atom stereocenters. The molecule has 0 radical (unpaired) electrons. The molecule has 0 aliphatic carbocycles. The van der Waals surface area contributed by atoms with Crippen LogP contribution in [0.25, 0.3) is 0 Å². The zero-order chi connectivity index (χ0) is 8.27. The SMILES string of the molecule is COc1cncc(N)c1C#N. The van der Waals surface area contributed by atoms with Crippen molar-refractivity contribution >= 4 is 5.69 Å². The molecule has 0 bridgehead atoms. The van der Waals surface area contributed by atoms with Crippen LogP contribution in [-0.4, -0.2) is 12.1 Å². The van der Waals surface area contributed by atoms with Crippen LogP contribution in [0, 0.1) is 11.3 Å². The summed E-state index contributed by atoms with van der Waals surface area (Å²) in [6.07, 6.45) is 2.87. The normalized spacial score (nSPS) is 8.73. The minimum absolute atomic E-state index is 0.336. The minimum atomic E-state index is 0.336. The number of rotatable bonds is 1. The molecule has 1 aromatic heterocycles. The molecule has 0 aromatic carbocycles. The number of methoxy groups -OCH3 is 1. The lowest BCUT2D eigenvalue weighted by Gasteiger charge is -2.02. The van der Waals surface area contributed by atoms with Crippen LogP contribution in [0.4, 0.5) is 5.69 Å². The molecular weight excluding hydrogens is 142 g/mol. The number of anilines is 1. The molecule has 11 heavy (non-hydrogen) atoms. The molecule has 0 saturated heterocycles. The van der Waals surface area contributed by atoms with E-state index in [2.05, 4.69) is 4.98 Å². The number of ether oxygens (including phenoxy) is 1. The Morgan fingerprint density at radius 3 is 2.82 bits per heavy atom. The van der Waals surface area contributed by atoms with E-state index in [4.69, 9.17) is 15.7 Å². The lowest BCUT2D eigenvalue weighted by Crippen LogP contribution is -1.95. The molecule has 56 valence electrons. The average Bonchev–Trinajstić information content (AvgIpc) is 2.04. The Balaban J connectivity index is 3.27. The van der Waals surface area contributed by atoms with Crippen molar-refractivity contribution < 1.29 is 4.74 Å². The number of nitriles is 1. The standard InChI is InChI=1S/C7H7N3O/c1-11-7-4-10-3-6(9)5(7)2-8/h3-4H,9H2,1H3. The van der Waals surface area contributed by atoms with Gasteiger partial charge in [-0.2, -0.15) is 5.26 Å². The van der Waals surface area contributed by atoms with Gasteiger partial charge in [0.25, 0.3) is 0 Å². The Labute approximate surface area is 64.2 Å². The van der Waals surface area contributed by atoms with Gasteiger partial charge in [-0.15, -0.1) is 0 Å². The molecule has 4 nitrogen and oxygen atoms in total. The van der Waals surface area contributed by atoms with Gasteiger partial charge in [0.05, 0.1) is 25.2 Å². The maximum Gasteiger partial charge on any atom is 0.157 e. The van der Waals surface area contributed by atoms with Crippen molar-refractivity contribution in [3.05, 3.63) is 18.0 Å². The van der Waals surface area contributed by atoms with Crippen LogP contribution in [0.1, 0.15) is 5.56 Å². The van der Waals surface area contributed by atoms with Gasteiger partial charge < -0.3 is 10.5 Å². The van der Waals surface area contributed by atoms with Gasteiger partial charge in [-0.25, -0.2) is 0 Å². The smallest absolute Gasteiger partial charge is 0.157 e. The van der Waals surface area contributed by atoms with E-state index >= 15 is 0 Å². The largest absolute Gasteiger partial charge is 0.494 e. The fourth-order valence-corrected chi connectivity index (χ4v) is 0.731. The third-order valence-electron chi connectivity index (χ3n) is 1.27. The van der Waals surface area contributed by atoms with Crippen molar-refractivity contribution in [2.75, 3.05) is 12.8 Å². The number of aromatic nitrogens is 1. The summed E-state index contributed by atoms with van der Waals surface area (Å²) in [5.74, 6) is 0.410. The van der Waals surface area contributed by atoms with Crippen molar-refractivity contribution in [3.8, 4) is 11.8 Å². The van der Waals surface area contributed by atoms with Crippen molar-refractivity contribution in [1.29, 1.82) is 5.26 Å². The highest BCUT2D eigenvalue weighted by molar-refractivity contribution is 5.58. The molecule has 0 saturated carbocycles. The second-order valence-electron chi connectivity index (χ2n) is 1.92. The maximum atomic E-state index is 8.59. The fourth-order valence-electron chi connectivity index (χ4n) is 0.731. The number of nitrogens with two attached hydrogens (primary N) is 1. The summed E-state index contributed by atoms with van der Waals surface area (Å²) in [6, 6.07) is 1.92. The van der Waals surface area contributed by atoms with Crippen LogP contribution < -0.4 is 10.5 Å². The molecule has 0 aliphatic heterocycles. The number of hydrogen-bond acceptors (Lipinski definition) is 4. The molecular formula is C7H7N3O. The van der Waals surface area contributed by atoms with Gasteiger partial charge in [0.15, 0.2) is 5.75 Å². The van der Waals surface area contributed by atoms with Gasteiger partial charge in [-0.05, 0) is 0 Å². The summed E-state index contributed by atoms with van der Waals surface area (Å²) in [5, 5.41) is 8.59. The van der Waals surface area contributed by atoms with Crippen LogP contribution in [0.2, 0.25) is 0 Å². The molecule has 0 amide bonds. The zero-order valence-corrected chi connectivity index (χ0v) is 6.03. The number of hydrogen-bond donors (Lipinski definition) is 1. The van der Waals surface area contributed by atoms with Crippen molar-refractivity contribution in [1.82, 2.24) is 4.98 Å². The first-order valence-electron chi connectivity index (χ1n) is 2.97. The Morgan fingerprint density at radius 2 is 2.36 bits per heavy atom. The first-order valence-corrected chi connectivity index (χ1v) is 2.97. The number of nitrogen functional groups attached to an aromatic ring is 1. The van der Waals surface area contributed by atoms with Crippen molar-refractivity contribution in [3.63, 3.8) is 0 Å².